The Hall–Kier alpha value is -1.10. The Bertz CT molecular complexity index is 334. The molecule has 1 atom stereocenters. The lowest BCUT2D eigenvalue weighted by molar-refractivity contribution is 0.0232. The van der Waals surface area contributed by atoms with Gasteiger partial charge in [0.25, 0.3) is 0 Å². The molecule has 1 unspecified atom stereocenters. The summed E-state index contributed by atoms with van der Waals surface area (Å²) in [4.78, 5) is 18.4. The summed E-state index contributed by atoms with van der Waals surface area (Å²) in [5.74, 6) is 0. The van der Waals surface area contributed by atoms with Crippen molar-refractivity contribution >= 4 is 11.8 Å². The average molecular weight is 269 g/mol. The van der Waals surface area contributed by atoms with E-state index < -0.39 is 5.60 Å². The molecule has 0 radical (unpaired) electrons. The number of hydrogen-bond acceptors (Lipinski definition) is 4. The first-order valence-corrected chi connectivity index (χ1v) is 6.97. The zero-order valence-electron chi connectivity index (χ0n) is 12.8. The minimum Gasteiger partial charge on any atom is -0.444 e. The number of ether oxygens (including phenoxy) is 1. The van der Waals surface area contributed by atoms with Crippen LogP contribution in [0.15, 0.2) is 4.99 Å². The van der Waals surface area contributed by atoms with Gasteiger partial charge in [-0.1, -0.05) is 0 Å². The molecule has 1 fully saturated rings. The maximum atomic E-state index is 12.1. The zero-order chi connectivity index (χ0) is 14.5. The molecule has 0 spiro atoms. The summed E-state index contributed by atoms with van der Waals surface area (Å²) < 4.78 is 5.43. The Morgan fingerprint density at radius 3 is 2.74 bits per heavy atom. The molecule has 1 aliphatic rings. The van der Waals surface area contributed by atoms with Crippen molar-refractivity contribution in [2.75, 3.05) is 26.7 Å². The van der Waals surface area contributed by atoms with E-state index in [1.54, 1.807) is 0 Å². The topological polar surface area (TPSA) is 53.9 Å². The lowest BCUT2D eigenvalue weighted by Gasteiger charge is -2.28. The number of carbonyl (C=O) groups excluding carboxylic acids is 1. The van der Waals surface area contributed by atoms with Crippen LogP contribution in [0.4, 0.5) is 4.79 Å². The molecule has 1 N–H and O–H groups in total. The Labute approximate surface area is 116 Å². The SMILES string of the molecule is CNCC(C)=NCC1CCCN1C(=O)OC(C)(C)C. The molecule has 5 heteroatoms. The predicted molar refractivity (Wildman–Crippen MR) is 77.9 cm³/mol. The van der Waals surface area contributed by atoms with Gasteiger partial charge < -0.3 is 15.0 Å². The van der Waals surface area contributed by atoms with Crippen LogP contribution in [0.3, 0.4) is 0 Å². The number of nitrogens with one attached hydrogen (secondary N) is 1. The maximum Gasteiger partial charge on any atom is 0.410 e. The van der Waals surface area contributed by atoms with Crippen LogP contribution in [0.1, 0.15) is 40.5 Å². The van der Waals surface area contributed by atoms with E-state index in [1.807, 2.05) is 39.6 Å². The van der Waals surface area contributed by atoms with Crippen molar-refractivity contribution in [1.29, 1.82) is 0 Å². The lowest BCUT2D eigenvalue weighted by Crippen LogP contribution is -2.41. The van der Waals surface area contributed by atoms with Crippen LogP contribution in [0.25, 0.3) is 0 Å². The maximum absolute atomic E-state index is 12.1. The quantitative estimate of drug-likeness (QED) is 0.795. The third-order valence-corrected chi connectivity index (χ3v) is 3.01. The monoisotopic (exact) mass is 269 g/mol. The summed E-state index contributed by atoms with van der Waals surface area (Å²) >= 11 is 0. The van der Waals surface area contributed by atoms with Crippen LogP contribution in [0, 0.1) is 0 Å². The highest BCUT2D eigenvalue weighted by Gasteiger charge is 2.31. The molecule has 0 bridgehead atoms. The summed E-state index contributed by atoms with van der Waals surface area (Å²) in [7, 11) is 1.90. The highest BCUT2D eigenvalue weighted by molar-refractivity contribution is 5.83. The van der Waals surface area contributed by atoms with Crippen molar-refractivity contribution in [2.45, 2.75) is 52.2 Å². The first-order chi connectivity index (χ1) is 8.83. The van der Waals surface area contributed by atoms with Crippen molar-refractivity contribution in [2.24, 2.45) is 4.99 Å². The second-order valence-corrected chi connectivity index (χ2v) is 6.08. The number of aliphatic imine (C=N–C) groups is 1. The van der Waals surface area contributed by atoms with Gasteiger partial charge in [-0.05, 0) is 47.6 Å². The largest absolute Gasteiger partial charge is 0.444 e. The van der Waals surface area contributed by atoms with Crippen molar-refractivity contribution in [1.82, 2.24) is 10.2 Å². The minimum atomic E-state index is -0.435. The fourth-order valence-electron chi connectivity index (χ4n) is 2.16. The van der Waals surface area contributed by atoms with E-state index in [9.17, 15) is 4.79 Å². The summed E-state index contributed by atoms with van der Waals surface area (Å²) in [6, 6.07) is 0.182. The molecule has 110 valence electrons. The Kier molecular flexibility index (Phi) is 5.79. The van der Waals surface area contributed by atoms with Crippen LogP contribution in [-0.2, 0) is 4.74 Å². The second-order valence-electron chi connectivity index (χ2n) is 6.08. The molecule has 0 saturated carbocycles. The Morgan fingerprint density at radius 1 is 1.47 bits per heavy atom. The second kappa shape index (κ2) is 6.89. The number of nitrogens with zero attached hydrogens (tertiary/aromatic N) is 2. The summed E-state index contributed by atoms with van der Waals surface area (Å²) in [5, 5.41) is 3.07. The molecular formula is C14H27N3O2. The van der Waals surface area contributed by atoms with E-state index in [-0.39, 0.29) is 12.1 Å². The van der Waals surface area contributed by atoms with E-state index >= 15 is 0 Å². The molecule has 1 rings (SSSR count). The molecule has 0 aromatic rings. The van der Waals surface area contributed by atoms with Gasteiger partial charge in [-0.3, -0.25) is 4.99 Å². The molecule has 0 aliphatic carbocycles. The molecular weight excluding hydrogens is 242 g/mol. The lowest BCUT2D eigenvalue weighted by atomic mass is 10.2. The van der Waals surface area contributed by atoms with Gasteiger partial charge in [0.05, 0.1) is 12.6 Å². The predicted octanol–water partition coefficient (Wildman–Crippen LogP) is 2.07. The van der Waals surface area contributed by atoms with Gasteiger partial charge in [-0.2, -0.15) is 0 Å². The van der Waals surface area contributed by atoms with Gasteiger partial charge in [-0.15, -0.1) is 0 Å². The Morgan fingerprint density at radius 2 is 2.16 bits per heavy atom. The number of likely N-dealkylation sites (tertiary alicyclic amines) is 1. The number of rotatable bonds is 4. The fourth-order valence-corrected chi connectivity index (χ4v) is 2.16. The third kappa shape index (κ3) is 5.59. The molecule has 1 heterocycles. The highest BCUT2D eigenvalue weighted by Crippen LogP contribution is 2.21. The number of carbonyl (C=O) groups is 1. The zero-order valence-corrected chi connectivity index (χ0v) is 12.8. The van der Waals surface area contributed by atoms with E-state index in [0.717, 1.165) is 31.6 Å². The first kappa shape index (κ1) is 16.0. The fraction of sp³-hybridized carbons (Fsp3) is 0.857. The van der Waals surface area contributed by atoms with Crippen LogP contribution < -0.4 is 5.32 Å². The average Bonchev–Trinajstić information content (AvgIpc) is 2.72. The molecule has 19 heavy (non-hydrogen) atoms. The minimum absolute atomic E-state index is 0.182. The van der Waals surface area contributed by atoms with Crippen LogP contribution >= 0.6 is 0 Å². The molecule has 1 aliphatic heterocycles. The standard InChI is InChI=1S/C14H27N3O2/c1-11(9-15-5)16-10-12-7-6-8-17(12)13(18)19-14(2,3)4/h12,15H,6-10H2,1-5H3. The molecule has 1 amide bonds. The van der Waals surface area contributed by atoms with Crippen LogP contribution in [0.2, 0.25) is 0 Å². The van der Waals surface area contributed by atoms with Gasteiger partial charge in [0.15, 0.2) is 0 Å². The normalized spacial score (nSPS) is 20.8. The Balaban J connectivity index is 2.54. The smallest absolute Gasteiger partial charge is 0.410 e. The molecule has 0 aromatic heterocycles. The first-order valence-electron chi connectivity index (χ1n) is 6.97. The van der Waals surface area contributed by atoms with E-state index in [0.29, 0.717) is 6.54 Å². The van der Waals surface area contributed by atoms with E-state index in [4.69, 9.17) is 4.74 Å². The summed E-state index contributed by atoms with van der Waals surface area (Å²) in [6.07, 6.45) is 1.83. The van der Waals surface area contributed by atoms with Gasteiger partial charge in [0.2, 0.25) is 0 Å². The van der Waals surface area contributed by atoms with Gasteiger partial charge >= 0.3 is 6.09 Å². The van der Waals surface area contributed by atoms with Crippen molar-refractivity contribution in [3.63, 3.8) is 0 Å². The summed E-state index contributed by atoms with van der Waals surface area (Å²) in [6.45, 7) is 9.93. The van der Waals surface area contributed by atoms with Crippen LogP contribution in [0.5, 0.6) is 0 Å². The van der Waals surface area contributed by atoms with E-state index in [2.05, 4.69) is 10.3 Å². The van der Waals surface area contributed by atoms with Crippen molar-refractivity contribution in [3.8, 4) is 0 Å². The highest BCUT2D eigenvalue weighted by atomic mass is 16.6. The summed E-state index contributed by atoms with van der Waals surface area (Å²) in [5.41, 5.74) is 0.633. The number of hydrogen-bond donors (Lipinski definition) is 1. The van der Waals surface area contributed by atoms with Gasteiger partial charge in [0, 0.05) is 18.8 Å². The van der Waals surface area contributed by atoms with Crippen LogP contribution in [-0.4, -0.2) is 55.0 Å². The van der Waals surface area contributed by atoms with E-state index in [1.165, 1.54) is 0 Å². The van der Waals surface area contributed by atoms with Gasteiger partial charge in [0.1, 0.15) is 5.60 Å². The molecule has 5 nitrogen and oxygen atoms in total. The number of amides is 1. The molecule has 1 saturated heterocycles. The van der Waals surface area contributed by atoms with Crippen molar-refractivity contribution in [3.05, 3.63) is 0 Å². The van der Waals surface area contributed by atoms with Gasteiger partial charge in [-0.25, -0.2) is 4.79 Å². The third-order valence-electron chi connectivity index (χ3n) is 3.01. The van der Waals surface area contributed by atoms with Crippen molar-refractivity contribution < 1.29 is 9.53 Å². The molecule has 0 aromatic carbocycles.